The smallest absolute Gasteiger partial charge is 0.259 e. The molecule has 1 aliphatic rings. The van der Waals surface area contributed by atoms with E-state index in [0.717, 1.165) is 24.7 Å². The van der Waals surface area contributed by atoms with Gasteiger partial charge in [0, 0.05) is 31.0 Å². The Balaban J connectivity index is 1.58. The first-order valence-corrected chi connectivity index (χ1v) is 9.51. The summed E-state index contributed by atoms with van der Waals surface area (Å²) in [5.41, 5.74) is 2.54. The minimum atomic E-state index is -0.162. The van der Waals surface area contributed by atoms with Crippen LogP contribution in [-0.2, 0) is 0 Å². The lowest BCUT2D eigenvalue weighted by atomic mass is 9.96. The molecule has 144 valence electrons. The van der Waals surface area contributed by atoms with E-state index in [4.69, 9.17) is 4.74 Å². The number of hydrogen-bond donors (Lipinski definition) is 1. The summed E-state index contributed by atoms with van der Waals surface area (Å²) in [6, 6.07) is 15.3. The lowest BCUT2D eigenvalue weighted by Crippen LogP contribution is -2.37. The van der Waals surface area contributed by atoms with Crippen LogP contribution in [0.5, 0.6) is 5.75 Å². The molecular weight excluding hydrogens is 338 g/mol. The van der Waals surface area contributed by atoms with Crippen LogP contribution in [0.25, 0.3) is 0 Å². The first-order chi connectivity index (χ1) is 13.1. The number of rotatable bonds is 6. The van der Waals surface area contributed by atoms with Crippen molar-refractivity contribution in [3.8, 4) is 5.75 Å². The highest BCUT2D eigenvalue weighted by molar-refractivity contribution is 6.06. The van der Waals surface area contributed by atoms with Gasteiger partial charge in [-0.25, -0.2) is 0 Å². The summed E-state index contributed by atoms with van der Waals surface area (Å²) in [7, 11) is 5.86. The zero-order valence-corrected chi connectivity index (χ0v) is 16.4. The highest BCUT2D eigenvalue weighted by atomic mass is 16.5. The first-order valence-electron chi connectivity index (χ1n) is 9.51. The van der Waals surface area contributed by atoms with Crippen LogP contribution >= 0.6 is 0 Å². The molecule has 0 aliphatic carbocycles. The number of hydrogen-bond acceptors (Lipinski definition) is 4. The molecule has 1 fully saturated rings. The summed E-state index contributed by atoms with van der Waals surface area (Å²) in [6.07, 6.45) is 2.45. The number of amides is 1. The highest BCUT2D eigenvalue weighted by Gasteiger charge is 2.20. The van der Waals surface area contributed by atoms with Crippen LogP contribution in [0.15, 0.2) is 48.5 Å². The summed E-state index contributed by atoms with van der Waals surface area (Å²) in [4.78, 5) is 17.2. The molecule has 27 heavy (non-hydrogen) atoms. The molecule has 1 saturated heterocycles. The van der Waals surface area contributed by atoms with E-state index in [2.05, 4.69) is 41.3 Å². The molecule has 1 amide bonds. The Morgan fingerprint density at radius 2 is 1.78 bits per heavy atom. The molecule has 0 atom stereocenters. The van der Waals surface area contributed by atoms with Crippen LogP contribution in [0.4, 0.5) is 11.4 Å². The molecule has 1 N–H and O–H groups in total. The zero-order valence-electron chi connectivity index (χ0n) is 16.4. The number of methoxy groups -OCH3 is 1. The number of benzene rings is 2. The first kappa shape index (κ1) is 19.2. The molecular formula is C22H29N3O2. The Labute approximate surface area is 161 Å². The Hall–Kier alpha value is -2.53. The molecule has 0 bridgehead atoms. The van der Waals surface area contributed by atoms with Gasteiger partial charge in [0.1, 0.15) is 5.75 Å². The van der Waals surface area contributed by atoms with Gasteiger partial charge in [0.2, 0.25) is 0 Å². The van der Waals surface area contributed by atoms with E-state index in [9.17, 15) is 4.79 Å². The summed E-state index contributed by atoms with van der Waals surface area (Å²) in [5, 5.41) is 2.95. The van der Waals surface area contributed by atoms with E-state index in [1.165, 1.54) is 25.1 Å². The lowest BCUT2D eigenvalue weighted by Gasteiger charge is -2.34. The zero-order chi connectivity index (χ0) is 19.2. The third-order valence-corrected chi connectivity index (χ3v) is 5.08. The average molecular weight is 367 g/mol. The van der Waals surface area contributed by atoms with Gasteiger partial charge in [-0.3, -0.25) is 4.79 Å². The number of ether oxygens (including phenoxy) is 1. The van der Waals surface area contributed by atoms with E-state index >= 15 is 0 Å². The molecule has 0 aromatic heterocycles. The van der Waals surface area contributed by atoms with E-state index in [-0.39, 0.29) is 5.91 Å². The lowest BCUT2D eigenvalue weighted by molar-refractivity contribution is 0.102. The molecule has 0 saturated carbocycles. The van der Waals surface area contributed by atoms with Gasteiger partial charge in [0.05, 0.1) is 12.7 Å². The van der Waals surface area contributed by atoms with Gasteiger partial charge in [-0.05, 0) is 69.3 Å². The summed E-state index contributed by atoms with van der Waals surface area (Å²) in [6.45, 7) is 3.35. The Kier molecular flexibility index (Phi) is 6.35. The Morgan fingerprint density at radius 3 is 2.41 bits per heavy atom. The highest BCUT2D eigenvalue weighted by Crippen LogP contribution is 2.25. The molecule has 1 aliphatic heterocycles. The summed E-state index contributed by atoms with van der Waals surface area (Å²) in [5.74, 6) is 1.20. The minimum absolute atomic E-state index is 0.162. The fourth-order valence-electron chi connectivity index (χ4n) is 3.68. The van der Waals surface area contributed by atoms with Crippen LogP contribution in [0.3, 0.4) is 0 Å². The van der Waals surface area contributed by atoms with Gasteiger partial charge in [-0.1, -0.05) is 12.1 Å². The topological polar surface area (TPSA) is 44.8 Å². The van der Waals surface area contributed by atoms with Gasteiger partial charge in [0.15, 0.2) is 0 Å². The number of nitrogens with zero attached hydrogens (tertiary/aromatic N) is 2. The molecule has 0 radical (unpaired) electrons. The summed E-state index contributed by atoms with van der Waals surface area (Å²) >= 11 is 0. The SMILES string of the molecule is COc1ccccc1C(=O)Nc1ccc(N2CCC(CN(C)C)CC2)cc1. The fourth-order valence-corrected chi connectivity index (χ4v) is 3.68. The maximum absolute atomic E-state index is 12.5. The van der Waals surface area contributed by atoms with Crippen LogP contribution in [0.2, 0.25) is 0 Å². The van der Waals surface area contributed by atoms with Crippen LogP contribution in [0, 0.1) is 5.92 Å². The number of nitrogens with one attached hydrogen (secondary N) is 1. The molecule has 3 rings (SSSR count). The average Bonchev–Trinajstić information content (AvgIpc) is 2.68. The van der Waals surface area contributed by atoms with Crippen molar-refractivity contribution in [2.24, 2.45) is 5.92 Å². The van der Waals surface area contributed by atoms with Crippen LogP contribution in [0.1, 0.15) is 23.2 Å². The quantitative estimate of drug-likeness (QED) is 0.845. The van der Waals surface area contributed by atoms with Crippen molar-refractivity contribution in [3.05, 3.63) is 54.1 Å². The predicted molar refractivity (Wildman–Crippen MR) is 111 cm³/mol. The predicted octanol–water partition coefficient (Wildman–Crippen LogP) is 3.73. The number of carbonyl (C=O) groups is 1. The molecule has 5 heteroatoms. The van der Waals surface area contributed by atoms with E-state index in [0.29, 0.717) is 11.3 Å². The van der Waals surface area contributed by atoms with Crippen molar-refractivity contribution in [1.82, 2.24) is 4.90 Å². The van der Waals surface area contributed by atoms with Gasteiger partial charge in [-0.2, -0.15) is 0 Å². The number of para-hydroxylation sites is 1. The molecule has 2 aromatic carbocycles. The van der Waals surface area contributed by atoms with Gasteiger partial charge >= 0.3 is 0 Å². The number of anilines is 2. The van der Waals surface area contributed by atoms with Crippen LogP contribution < -0.4 is 15.0 Å². The largest absolute Gasteiger partial charge is 0.496 e. The molecule has 2 aromatic rings. The second-order valence-corrected chi connectivity index (χ2v) is 7.39. The number of piperidine rings is 1. The molecule has 0 unspecified atom stereocenters. The molecule has 5 nitrogen and oxygen atoms in total. The fraction of sp³-hybridized carbons (Fsp3) is 0.409. The van der Waals surface area contributed by atoms with Gasteiger partial charge in [-0.15, -0.1) is 0 Å². The van der Waals surface area contributed by atoms with E-state index in [1.807, 2.05) is 24.3 Å². The Bertz CT molecular complexity index is 750. The maximum Gasteiger partial charge on any atom is 0.259 e. The van der Waals surface area contributed by atoms with Crippen molar-refractivity contribution in [1.29, 1.82) is 0 Å². The van der Waals surface area contributed by atoms with Crippen molar-refractivity contribution in [2.45, 2.75) is 12.8 Å². The van der Waals surface area contributed by atoms with E-state index < -0.39 is 0 Å². The second kappa shape index (κ2) is 8.91. The monoisotopic (exact) mass is 367 g/mol. The maximum atomic E-state index is 12.5. The van der Waals surface area contributed by atoms with Crippen molar-refractivity contribution in [2.75, 3.05) is 51.1 Å². The van der Waals surface area contributed by atoms with Gasteiger partial charge in [0.25, 0.3) is 5.91 Å². The van der Waals surface area contributed by atoms with Gasteiger partial charge < -0.3 is 19.9 Å². The van der Waals surface area contributed by atoms with Crippen molar-refractivity contribution >= 4 is 17.3 Å². The van der Waals surface area contributed by atoms with Crippen molar-refractivity contribution < 1.29 is 9.53 Å². The summed E-state index contributed by atoms with van der Waals surface area (Å²) < 4.78 is 5.26. The van der Waals surface area contributed by atoms with E-state index in [1.54, 1.807) is 19.2 Å². The minimum Gasteiger partial charge on any atom is -0.496 e. The third-order valence-electron chi connectivity index (χ3n) is 5.08. The molecule has 0 spiro atoms. The second-order valence-electron chi connectivity index (χ2n) is 7.39. The third kappa shape index (κ3) is 5.01. The Morgan fingerprint density at radius 1 is 1.11 bits per heavy atom. The number of carbonyl (C=O) groups excluding carboxylic acids is 1. The normalized spacial score (nSPS) is 15.0. The van der Waals surface area contributed by atoms with Crippen LogP contribution in [-0.4, -0.2) is 51.6 Å². The van der Waals surface area contributed by atoms with Crippen molar-refractivity contribution in [3.63, 3.8) is 0 Å². The molecule has 1 heterocycles. The standard InChI is InChI=1S/C22H29N3O2/c1-24(2)16-17-12-14-25(15-13-17)19-10-8-18(9-11-19)23-22(26)20-6-4-5-7-21(20)27-3/h4-11,17H,12-16H2,1-3H3,(H,23,26).